The lowest BCUT2D eigenvalue weighted by Gasteiger charge is -2.12. The lowest BCUT2D eigenvalue weighted by atomic mass is 10.2. The Morgan fingerprint density at radius 2 is 1.81 bits per heavy atom. The van der Waals surface area contributed by atoms with E-state index in [0.717, 1.165) is 55.5 Å². The van der Waals surface area contributed by atoms with Gasteiger partial charge in [-0.05, 0) is 38.0 Å². The van der Waals surface area contributed by atoms with Gasteiger partial charge in [-0.3, -0.25) is 4.68 Å². The summed E-state index contributed by atoms with van der Waals surface area (Å²) in [6, 6.07) is 18.6. The molecule has 2 aromatic carbocycles. The first-order chi connectivity index (χ1) is 15.7. The monoisotopic (exact) mass is 429 g/mol. The van der Waals surface area contributed by atoms with Crippen molar-refractivity contribution in [1.29, 1.82) is 0 Å². The molecule has 0 unspecified atom stereocenters. The molecule has 2 N–H and O–H groups in total. The number of aryl methyl sites for hydroxylation is 2. The molecule has 0 aliphatic heterocycles. The molecule has 0 saturated carbocycles. The van der Waals surface area contributed by atoms with E-state index in [2.05, 4.69) is 87.8 Å². The van der Waals surface area contributed by atoms with Gasteiger partial charge in [0, 0.05) is 31.4 Å². The predicted molar refractivity (Wildman–Crippen MR) is 130 cm³/mol. The number of aliphatic imine (C=N–C) groups is 1. The van der Waals surface area contributed by atoms with Gasteiger partial charge < -0.3 is 15.2 Å². The average Bonchev–Trinajstić information content (AvgIpc) is 3.39. The van der Waals surface area contributed by atoms with Crippen LogP contribution in [0.5, 0.6) is 0 Å². The normalized spacial score (nSPS) is 11.8. The molecule has 0 aliphatic carbocycles. The van der Waals surface area contributed by atoms with Crippen LogP contribution in [0.3, 0.4) is 0 Å². The molecule has 4 rings (SSSR count). The van der Waals surface area contributed by atoms with Crippen LogP contribution in [-0.2, 0) is 19.6 Å². The molecule has 0 atom stereocenters. The number of para-hydroxylation sites is 2. The maximum atomic E-state index is 4.73. The zero-order chi connectivity index (χ0) is 22.2. The summed E-state index contributed by atoms with van der Waals surface area (Å²) in [5.74, 6) is 1.88. The van der Waals surface area contributed by atoms with E-state index in [1.165, 1.54) is 11.1 Å². The number of rotatable bonds is 9. The minimum atomic E-state index is 0.593. The van der Waals surface area contributed by atoms with Crippen molar-refractivity contribution in [2.24, 2.45) is 4.99 Å². The highest BCUT2D eigenvalue weighted by atomic mass is 15.3. The minimum absolute atomic E-state index is 0.593. The van der Waals surface area contributed by atoms with Crippen LogP contribution >= 0.6 is 0 Å². The molecular weight excluding hydrogens is 398 g/mol. The standard InChI is InChI=1S/C25H31N7/c1-3-26-25(27-14-9-15-32-20(2)30-23-12-7-8-13-24(23)32)28-16-22-17-29-31(19-22)18-21-10-5-4-6-11-21/h4-8,10-13,17,19H,3,9,14-16,18H2,1-2H3,(H2,26,27,28). The Morgan fingerprint density at radius 3 is 2.66 bits per heavy atom. The van der Waals surface area contributed by atoms with Crippen molar-refractivity contribution in [2.45, 2.75) is 39.9 Å². The molecule has 0 radical (unpaired) electrons. The average molecular weight is 430 g/mol. The Bertz CT molecular complexity index is 1160. The molecule has 0 saturated heterocycles. The van der Waals surface area contributed by atoms with Crippen LogP contribution in [0.25, 0.3) is 11.0 Å². The van der Waals surface area contributed by atoms with Gasteiger partial charge in [0.15, 0.2) is 5.96 Å². The zero-order valence-electron chi connectivity index (χ0n) is 18.8. The number of benzene rings is 2. The van der Waals surface area contributed by atoms with Gasteiger partial charge in [-0.2, -0.15) is 5.10 Å². The first-order valence-electron chi connectivity index (χ1n) is 11.2. The topological polar surface area (TPSA) is 72.1 Å². The first kappa shape index (κ1) is 21.6. The van der Waals surface area contributed by atoms with Crippen LogP contribution < -0.4 is 10.6 Å². The van der Waals surface area contributed by atoms with Gasteiger partial charge in [0.1, 0.15) is 5.82 Å². The number of hydrogen-bond donors (Lipinski definition) is 2. The van der Waals surface area contributed by atoms with Crippen molar-refractivity contribution >= 4 is 17.0 Å². The van der Waals surface area contributed by atoms with Crippen molar-refractivity contribution in [1.82, 2.24) is 30.0 Å². The van der Waals surface area contributed by atoms with Crippen molar-refractivity contribution in [3.05, 3.63) is 83.9 Å². The van der Waals surface area contributed by atoms with Crippen LogP contribution in [0.15, 0.2) is 72.0 Å². The molecular formula is C25H31N7. The number of guanidine groups is 1. The van der Waals surface area contributed by atoms with E-state index in [0.29, 0.717) is 6.54 Å². The van der Waals surface area contributed by atoms with E-state index in [4.69, 9.17) is 4.99 Å². The summed E-state index contributed by atoms with van der Waals surface area (Å²) in [5, 5.41) is 11.2. The van der Waals surface area contributed by atoms with Crippen LogP contribution in [0.2, 0.25) is 0 Å². The summed E-state index contributed by atoms with van der Waals surface area (Å²) in [6.07, 6.45) is 4.94. The highest BCUT2D eigenvalue weighted by Crippen LogP contribution is 2.15. The molecule has 2 heterocycles. The molecule has 0 amide bonds. The summed E-state index contributed by atoms with van der Waals surface area (Å²) in [4.78, 5) is 9.37. The molecule has 0 aliphatic rings. The van der Waals surface area contributed by atoms with Crippen LogP contribution in [-0.4, -0.2) is 38.4 Å². The Kier molecular flexibility index (Phi) is 7.17. The number of hydrogen-bond acceptors (Lipinski definition) is 3. The van der Waals surface area contributed by atoms with E-state index < -0.39 is 0 Å². The molecule has 7 heteroatoms. The van der Waals surface area contributed by atoms with Crippen LogP contribution in [0.4, 0.5) is 0 Å². The molecule has 166 valence electrons. The quantitative estimate of drug-likeness (QED) is 0.242. The van der Waals surface area contributed by atoms with Crippen molar-refractivity contribution in [2.75, 3.05) is 13.1 Å². The lowest BCUT2D eigenvalue weighted by Crippen LogP contribution is -2.38. The molecule has 7 nitrogen and oxygen atoms in total. The minimum Gasteiger partial charge on any atom is -0.357 e. The maximum Gasteiger partial charge on any atom is 0.191 e. The van der Waals surface area contributed by atoms with E-state index in [9.17, 15) is 0 Å². The number of nitrogens with zero attached hydrogens (tertiary/aromatic N) is 5. The number of aromatic nitrogens is 4. The smallest absolute Gasteiger partial charge is 0.191 e. The third-order valence-corrected chi connectivity index (χ3v) is 5.33. The van der Waals surface area contributed by atoms with Gasteiger partial charge in [0.05, 0.1) is 30.3 Å². The molecule has 0 bridgehead atoms. The summed E-state index contributed by atoms with van der Waals surface area (Å²) in [6.45, 7) is 8.09. The third-order valence-electron chi connectivity index (χ3n) is 5.33. The highest BCUT2D eigenvalue weighted by molar-refractivity contribution is 5.79. The predicted octanol–water partition coefficient (Wildman–Crippen LogP) is 3.73. The molecule has 0 fully saturated rings. The Morgan fingerprint density at radius 1 is 1.00 bits per heavy atom. The van der Waals surface area contributed by atoms with Gasteiger partial charge in [-0.15, -0.1) is 0 Å². The van der Waals surface area contributed by atoms with Gasteiger partial charge in [0.25, 0.3) is 0 Å². The number of fused-ring (bicyclic) bond motifs is 1. The van der Waals surface area contributed by atoms with Gasteiger partial charge in [-0.25, -0.2) is 9.98 Å². The Labute approximate surface area is 189 Å². The molecule has 4 aromatic rings. The van der Waals surface area contributed by atoms with Gasteiger partial charge in [0.2, 0.25) is 0 Å². The molecule has 2 aromatic heterocycles. The van der Waals surface area contributed by atoms with Crippen molar-refractivity contribution in [3.63, 3.8) is 0 Å². The summed E-state index contributed by atoms with van der Waals surface area (Å²) in [5.41, 5.74) is 4.58. The zero-order valence-corrected chi connectivity index (χ0v) is 18.8. The SMILES string of the molecule is CCNC(=NCc1cnn(Cc2ccccc2)c1)NCCCn1c(C)nc2ccccc21. The fourth-order valence-electron chi connectivity index (χ4n) is 3.78. The van der Waals surface area contributed by atoms with E-state index in [1.54, 1.807) is 0 Å². The van der Waals surface area contributed by atoms with Crippen molar-refractivity contribution in [3.8, 4) is 0 Å². The Balaban J connectivity index is 1.29. The van der Waals surface area contributed by atoms with E-state index in [-0.39, 0.29) is 0 Å². The Hall–Kier alpha value is -3.61. The summed E-state index contributed by atoms with van der Waals surface area (Å²) >= 11 is 0. The second-order valence-corrected chi connectivity index (χ2v) is 7.81. The van der Waals surface area contributed by atoms with Gasteiger partial charge in [-0.1, -0.05) is 42.5 Å². The lowest BCUT2D eigenvalue weighted by molar-refractivity contribution is 0.624. The largest absolute Gasteiger partial charge is 0.357 e. The fraction of sp³-hybridized carbons (Fsp3) is 0.320. The third kappa shape index (κ3) is 5.55. The molecule has 0 spiro atoms. The molecule has 32 heavy (non-hydrogen) atoms. The summed E-state index contributed by atoms with van der Waals surface area (Å²) < 4.78 is 4.24. The maximum absolute atomic E-state index is 4.73. The second-order valence-electron chi connectivity index (χ2n) is 7.81. The highest BCUT2D eigenvalue weighted by Gasteiger charge is 2.06. The van der Waals surface area contributed by atoms with Crippen molar-refractivity contribution < 1.29 is 0 Å². The number of nitrogens with one attached hydrogen (secondary N) is 2. The van der Waals surface area contributed by atoms with E-state index in [1.807, 2.05) is 23.0 Å². The number of imidazole rings is 1. The summed E-state index contributed by atoms with van der Waals surface area (Å²) in [7, 11) is 0. The van der Waals surface area contributed by atoms with Crippen LogP contribution in [0, 0.1) is 6.92 Å². The second kappa shape index (κ2) is 10.6. The van der Waals surface area contributed by atoms with Gasteiger partial charge >= 0.3 is 0 Å². The van der Waals surface area contributed by atoms with E-state index >= 15 is 0 Å². The first-order valence-corrected chi connectivity index (χ1v) is 11.2. The fourth-order valence-corrected chi connectivity index (χ4v) is 3.78. The van der Waals surface area contributed by atoms with Crippen LogP contribution in [0.1, 0.15) is 30.3 Å².